The zero-order chi connectivity index (χ0) is 42.7. The van der Waals surface area contributed by atoms with E-state index in [1.54, 1.807) is 13.8 Å². The van der Waals surface area contributed by atoms with Crippen molar-refractivity contribution < 1.29 is 23.5 Å². The van der Waals surface area contributed by atoms with Gasteiger partial charge in [-0.3, -0.25) is 9.80 Å². The fourth-order valence-electron chi connectivity index (χ4n) is 3.87. The molecule has 2 heterocycles. The second-order valence-electron chi connectivity index (χ2n) is 9.94. The average molecular weight is 3820 g/mol. The summed E-state index contributed by atoms with van der Waals surface area (Å²) in [5.41, 5.74) is 14.1. The normalized spacial score (nSPS) is 20.5. The number of halogens is 27. The van der Waals surface area contributed by atoms with Gasteiger partial charge in [-0.1, -0.05) is 36.3 Å². The molecule has 6 N–H and O–H groups in total. The first-order valence-electron chi connectivity index (χ1n) is 14.3. The molecule has 0 aliphatic carbocycles. The monoisotopic (exact) mass is 3820 g/mol. The summed E-state index contributed by atoms with van der Waals surface area (Å²) in [6, 6.07) is -0.361. The average Bonchev–Trinajstić information content (AvgIpc) is 3.18. The molecule has 0 fully saturated rings. The van der Waals surface area contributed by atoms with Crippen molar-refractivity contribution >= 4 is 355 Å². The number of nitrogens with zero attached hydrogens (tertiary/aromatic N) is 2. The Kier molecular flexibility index (Phi) is 59.5. The van der Waals surface area contributed by atoms with Crippen molar-refractivity contribution in [1.82, 2.24) is 9.80 Å². The van der Waals surface area contributed by atoms with Crippen LogP contribution in [0.3, 0.4) is 0 Å². The van der Waals surface area contributed by atoms with Gasteiger partial charge < -0.3 is 21.7 Å². The first-order valence-corrected chi connectivity index (χ1v) is 178. The van der Waals surface area contributed by atoms with Gasteiger partial charge in [-0.2, -0.15) is 0 Å². The van der Waals surface area contributed by atoms with Crippen LogP contribution in [0.25, 0.3) is 0 Å². The Morgan fingerprint density at radius 3 is 1.29 bits per heavy atom. The zero-order valence-electron chi connectivity index (χ0n) is 28.3. The third-order valence-corrected chi connectivity index (χ3v) is 1910. The molecule has 0 spiro atoms. The van der Waals surface area contributed by atoms with E-state index in [4.69, 9.17) is 11.5 Å². The number of aliphatic hydroxyl groups is 2. The fraction of sp³-hybridized carbons (Fsp3) is 0.727. The van der Waals surface area contributed by atoms with Crippen LogP contribution in [-0.4, -0.2) is 83.6 Å². The SMILES string of the molecule is C=CCN1CC=C([C@@H](N)[C@@H](C)O)CC1.CCCN1CC=C([C@@H](N)[C@@H](C)O)CC1.I[I-]I(I)I(I)I(I)I(I)I(I)I(I)I(I)I(I)I(I)I(I)I(I)I(I)I. The number of aliphatic hydroxyl groups excluding tert-OH is 2. The van der Waals surface area contributed by atoms with E-state index in [2.05, 4.69) is 296 Å². The Labute approximate surface area is 517 Å². The molecular formula is C22H42I27N4O2-. The van der Waals surface area contributed by atoms with Gasteiger partial charge in [0.2, 0.25) is 0 Å². The molecular weight excluding hydrogens is 3780 g/mol. The van der Waals surface area contributed by atoms with Crippen LogP contribution in [0, 0.1) is 0 Å². The van der Waals surface area contributed by atoms with E-state index in [0.717, 1.165) is 52.1 Å². The van der Waals surface area contributed by atoms with Gasteiger partial charge in [0.25, 0.3) is 0 Å². The second-order valence-corrected chi connectivity index (χ2v) is 611. The van der Waals surface area contributed by atoms with E-state index in [1.165, 1.54) is 17.6 Å². The van der Waals surface area contributed by atoms with Gasteiger partial charge in [-0.15, -0.1) is 6.58 Å². The molecule has 0 unspecified atom stereocenters. The summed E-state index contributed by atoms with van der Waals surface area (Å²) >= 11 is 44.4. The first kappa shape index (κ1) is 73.7. The van der Waals surface area contributed by atoms with E-state index in [-0.39, 0.29) is 27.9 Å². The van der Waals surface area contributed by atoms with Crippen LogP contribution in [0.15, 0.2) is 36.0 Å². The van der Waals surface area contributed by atoms with E-state index < -0.39 is 91.2 Å². The fourth-order valence-corrected chi connectivity index (χ4v) is 4400. The molecule has 4 atom stereocenters. The Morgan fingerprint density at radius 2 is 1.02 bits per heavy atom. The molecule has 352 valence electrons. The van der Waals surface area contributed by atoms with Crippen LogP contribution < -0.4 is 24.7 Å². The third kappa shape index (κ3) is 31.9. The predicted molar refractivity (Wildman–Crippen MR) is 483 cm³/mol. The van der Waals surface area contributed by atoms with E-state index in [0.29, 0.717) is 13.3 Å². The molecule has 0 saturated carbocycles. The molecule has 6 nitrogen and oxygen atoms in total. The summed E-state index contributed by atoms with van der Waals surface area (Å²) in [6.07, 6.45) is 8.50. The van der Waals surface area contributed by atoms with E-state index in [1.807, 2.05) is 6.08 Å². The van der Waals surface area contributed by atoms with Gasteiger partial charge >= 0.3 is 369 Å². The van der Waals surface area contributed by atoms with Crippen molar-refractivity contribution in [2.75, 3.05) is 39.3 Å². The van der Waals surface area contributed by atoms with E-state index in [9.17, 15) is 10.2 Å². The zero-order valence-corrected chi connectivity index (χ0v) is 86.5. The Bertz CT molecular complexity index is 1120. The minimum atomic E-state index is -0.463. The third-order valence-electron chi connectivity index (χ3n) is 6.42. The van der Waals surface area contributed by atoms with Crippen LogP contribution >= 0.6 is 355 Å². The Morgan fingerprint density at radius 1 is 0.673 bits per heavy atom. The predicted octanol–water partition coefficient (Wildman–Crippen LogP) is 21.3. The Balaban J connectivity index is 0.000000870. The Hall–Kier alpha value is 18.7. The van der Waals surface area contributed by atoms with Crippen molar-refractivity contribution in [3.63, 3.8) is 0 Å². The van der Waals surface area contributed by atoms with Crippen molar-refractivity contribution in [1.29, 1.82) is 0 Å². The van der Waals surface area contributed by atoms with Crippen molar-refractivity contribution in [2.45, 2.75) is 64.3 Å². The minimum absolute atomic E-state index is 0.168. The van der Waals surface area contributed by atoms with Crippen molar-refractivity contribution in [3.05, 3.63) is 36.0 Å². The van der Waals surface area contributed by atoms with Crippen LogP contribution in [0.1, 0.15) is 40.0 Å². The molecule has 55 heavy (non-hydrogen) atoms. The van der Waals surface area contributed by atoms with Gasteiger partial charge in [0, 0.05) is 32.7 Å². The summed E-state index contributed by atoms with van der Waals surface area (Å²) in [5.74, 6) is 0. The summed E-state index contributed by atoms with van der Waals surface area (Å²) in [5, 5.41) is 18.7. The van der Waals surface area contributed by atoms with Gasteiger partial charge in [0.05, 0.1) is 24.3 Å². The van der Waals surface area contributed by atoms with Crippen LogP contribution in [0.4, 0.5) is 0 Å². The molecule has 0 aromatic rings. The molecule has 0 amide bonds. The van der Waals surface area contributed by atoms with Crippen LogP contribution in [0.5, 0.6) is 0 Å². The molecule has 2 aliphatic rings. The van der Waals surface area contributed by atoms with Gasteiger partial charge in [0.15, 0.2) is 0 Å². The van der Waals surface area contributed by atoms with Gasteiger partial charge in [-0.25, -0.2) is 0 Å². The molecule has 0 aromatic heterocycles. The quantitative estimate of drug-likeness (QED) is 0.0716. The number of rotatable bonds is 20. The maximum absolute atomic E-state index is 9.36. The first-order chi connectivity index (χ1) is 25.6. The van der Waals surface area contributed by atoms with Crippen molar-refractivity contribution in [2.24, 2.45) is 11.5 Å². The van der Waals surface area contributed by atoms with Crippen molar-refractivity contribution in [3.8, 4) is 0 Å². The molecule has 2 rings (SSSR count). The summed E-state index contributed by atoms with van der Waals surface area (Å²) < 4.78 is 0. The number of hydrogen-bond donors (Lipinski definition) is 4. The molecule has 0 bridgehead atoms. The summed E-state index contributed by atoms with van der Waals surface area (Å²) in [7, 11) is -5.18. The summed E-state index contributed by atoms with van der Waals surface area (Å²) in [6.45, 7) is 15.5. The van der Waals surface area contributed by atoms with Gasteiger partial charge in [0.1, 0.15) is 0 Å². The summed E-state index contributed by atoms with van der Waals surface area (Å²) in [4.78, 5) is 4.71. The number of nitrogens with two attached hydrogens (primary N) is 2. The van der Waals surface area contributed by atoms with Gasteiger partial charge in [-0.05, 0) is 39.7 Å². The number of hydrogen-bond acceptors (Lipinski definition) is 6. The van der Waals surface area contributed by atoms with Crippen LogP contribution in [0.2, 0.25) is 0 Å². The molecule has 0 aromatic carbocycles. The molecule has 0 saturated heterocycles. The van der Waals surface area contributed by atoms with E-state index >= 15 is 0 Å². The standard InChI is InChI=1S/C11H22N2O.C11H20N2O.I27/c2*1-3-6-13-7-4-10(5-8-13)11(12)9(2)14;1-15-17(4)19(6)21(8)23(10)25(12)27(14)26(13)24(11)22(9)20(7)18(5)16(2)3/h4,9,11,14H,3,5-8,12H2,1-2H3;3-4,9,11,14H,1,5-8,12H2,2H3;/q;;-1/t2*9-,11+;/m11./s1. The topological polar surface area (TPSA) is 99.0 Å². The second kappa shape index (κ2) is 44.4. The van der Waals surface area contributed by atoms with Crippen LogP contribution in [-0.2, 0) is 0 Å². The molecule has 2 aliphatic heterocycles. The maximum atomic E-state index is 9.36. The molecule has 0 radical (unpaired) electrons. The molecule has 33 heteroatoms.